The summed E-state index contributed by atoms with van der Waals surface area (Å²) in [5.74, 6) is 0. The molecule has 17 heavy (non-hydrogen) atoms. The summed E-state index contributed by atoms with van der Waals surface area (Å²) < 4.78 is 1.70. The molecule has 0 aliphatic carbocycles. The summed E-state index contributed by atoms with van der Waals surface area (Å²) in [5.41, 5.74) is 8.44. The van der Waals surface area contributed by atoms with E-state index in [0.29, 0.717) is 5.56 Å². The smallest absolute Gasteiger partial charge is 0.108 e. The van der Waals surface area contributed by atoms with E-state index in [1.165, 1.54) is 6.20 Å². The summed E-state index contributed by atoms with van der Waals surface area (Å²) in [6.45, 7) is 5.77. The minimum Gasteiger partial charge on any atom is -0.390 e. The molecule has 1 aromatic rings. The Balaban J connectivity index is 2.79. The van der Waals surface area contributed by atoms with E-state index >= 15 is 0 Å². The van der Waals surface area contributed by atoms with Gasteiger partial charge < -0.3 is 10.2 Å². The predicted molar refractivity (Wildman–Crippen MR) is 62.2 cm³/mol. The fraction of sp³-hybridized carbons (Fsp3) is 0.700. The maximum atomic E-state index is 9.81. The molecule has 0 aliphatic heterocycles. The van der Waals surface area contributed by atoms with Crippen LogP contribution in [0.3, 0.4) is 0 Å². The molecule has 94 valence electrons. The Morgan fingerprint density at radius 1 is 1.53 bits per heavy atom. The van der Waals surface area contributed by atoms with E-state index in [1.807, 2.05) is 20.8 Å². The van der Waals surface area contributed by atoms with Crippen LogP contribution in [0.1, 0.15) is 32.4 Å². The van der Waals surface area contributed by atoms with E-state index < -0.39 is 12.2 Å². The van der Waals surface area contributed by atoms with E-state index in [0.717, 1.165) is 0 Å². The van der Waals surface area contributed by atoms with Crippen LogP contribution in [-0.2, 0) is 5.54 Å². The summed E-state index contributed by atoms with van der Waals surface area (Å²) in [6, 6.07) is 0. The largest absolute Gasteiger partial charge is 0.390 e. The third-order valence-electron chi connectivity index (χ3n) is 2.33. The zero-order valence-electron chi connectivity index (χ0n) is 10.1. The fourth-order valence-corrected chi connectivity index (χ4v) is 1.30. The standard InChI is InChI=1S/C10H17N5O2/c1-10(2,3)15-6-7(4-13-15)9(17)8(16)5-12-14-11/h4,6,8-9,16-17H,5H2,1-3H3. The normalized spacial score (nSPS) is 15.1. The van der Waals surface area contributed by atoms with Gasteiger partial charge in [-0.3, -0.25) is 4.68 Å². The van der Waals surface area contributed by atoms with Crippen molar-refractivity contribution in [3.8, 4) is 0 Å². The Labute approximate surface area is 99.3 Å². The molecule has 0 aliphatic rings. The highest BCUT2D eigenvalue weighted by Crippen LogP contribution is 2.20. The van der Waals surface area contributed by atoms with Crippen LogP contribution < -0.4 is 0 Å². The first-order valence-electron chi connectivity index (χ1n) is 5.28. The number of aromatic nitrogens is 2. The van der Waals surface area contributed by atoms with Gasteiger partial charge in [0.1, 0.15) is 6.10 Å². The van der Waals surface area contributed by atoms with Crippen molar-refractivity contribution in [2.24, 2.45) is 5.11 Å². The van der Waals surface area contributed by atoms with Crippen LogP contribution in [0.5, 0.6) is 0 Å². The molecular weight excluding hydrogens is 222 g/mol. The molecular formula is C10H17N5O2. The van der Waals surface area contributed by atoms with E-state index in [-0.39, 0.29) is 12.1 Å². The molecule has 2 atom stereocenters. The van der Waals surface area contributed by atoms with Gasteiger partial charge in [-0.15, -0.1) is 0 Å². The second kappa shape index (κ2) is 5.18. The van der Waals surface area contributed by atoms with Crippen LogP contribution in [0, 0.1) is 0 Å². The Hall–Kier alpha value is -1.56. The quantitative estimate of drug-likeness (QED) is 0.470. The van der Waals surface area contributed by atoms with Gasteiger partial charge in [-0.2, -0.15) is 5.10 Å². The molecule has 0 amide bonds. The molecule has 0 spiro atoms. The van der Waals surface area contributed by atoms with Gasteiger partial charge in [0.15, 0.2) is 0 Å². The van der Waals surface area contributed by atoms with Crippen LogP contribution >= 0.6 is 0 Å². The summed E-state index contributed by atoms with van der Waals surface area (Å²) in [4.78, 5) is 2.53. The topological polar surface area (TPSA) is 107 Å². The van der Waals surface area contributed by atoms with Crippen molar-refractivity contribution >= 4 is 0 Å². The maximum absolute atomic E-state index is 9.81. The minimum absolute atomic E-state index is 0.168. The van der Waals surface area contributed by atoms with Gasteiger partial charge in [0.25, 0.3) is 0 Å². The number of nitrogens with zero attached hydrogens (tertiary/aromatic N) is 5. The summed E-state index contributed by atoms with van der Waals surface area (Å²) in [5, 5.41) is 26.7. The van der Waals surface area contributed by atoms with Crippen LogP contribution in [0.2, 0.25) is 0 Å². The second-order valence-electron chi connectivity index (χ2n) is 4.81. The third kappa shape index (κ3) is 3.45. The van der Waals surface area contributed by atoms with E-state index in [1.54, 1.807) is 10.9 Å². The lowest BCUT2D eigenvalue weighted by Crippen LogP contribution is -2.23. The molecule has 0 radical (unpaired) electrons. The second-order valence-corrected chi connectivity index (χ2v) is 4.81. The van der Waals surface area contributed by atoms with Gasteiger partial charge in [-0.05, 0) is 26.3 Å². The molecule has 1 rings (SSSR count). The van der Waals surface area contributed by atoms with Gasteiger partial charge >= 0.3 is 0 Å². The molecule has 7 nitrogen and oxygen atoms in total. The lowest BCUT2D eigenvalue weighted by molar-refractivity contribution is 0.0243. The first kappa shape index (κ1) is 13.5. The number of hydrogen-bond acceptors (Lipinski definition) is 4. The Kier molecular flexibility index (Phi) is 4.11. The summed E-state index contributed by atoms with van der Waals surface area (Å²) in [7, 11) is 0. The number of aliphatic hydroxyl groups excluding tert-OH is 2. The van der Waals surface area contributed by atoms with Crippen molar-refractivity contribution in [2.75, 3.05) is 6.54 Å². The Morgan fingerprint density at radius 2 is 2.18 bits per heavy atom. The van der Waals surface area contributed by atoms with Crippen molar-refractivity contribution in [1.82, 2.24) is 9.78 Å². The zero-order valence-corrected chi connectivity index (χ0v) is 10.1. The lowest BCUT2D eigenvalue weighted by Gasteiger charge is -2.19. The van der Waals surface area contributed by atoms with Gasteiger partial charge in [0.2, 0.25) is 0 Å². The number of azide groups is 1. The van der Waals surface area contributed by atoms with Crippen molar-refractivity contribution in [3.63, 3.8) is 0 Å². The van der Waals surface area contributed by atoms with Gasteiger partial charge in [-0.25, -0.2) is 0 Å². The molecule has 2 unspecified atom stereocenters. The Bertz CT molecular complexity index is 417. The maximum Gasteiger partial charge on any atom is 0.108 e. The van der Waals surface area contributed by atoms with Gasteiger partial charge in [-0.1, -0.05) is 5.11 Å². The van der Waals surface area contributed by atoms with Crippen molar-refractivity contribution in [1.29, 1.82) is 0 Å². The van der Waals surface area contributed by atoms with Crippen LogP contribution in [-0.4, -0.2) is 32.6 Å². The van der Waals surface area contributed by atoms with Gasteiger partial charge in [0.05, 0.1) is 24.4 Å². The first-order valence-corrected chi connectivity index (χ1v) is 5.28. The predicted octanol–water partition coefficient (Wildman–Crippen LogP) is 1.34. The summed E-state index contributed by atoms with van der Waals surface area (Å²) in [6.07, 6.45) is 0.944. The Morgan fingerprint density at radius 3 is 2.65 bits per heavy atom. The minimum atomic E-state index is -1.12. The fourth-order valence-electron chi connectivity index (χ4n) is 1.30. The van der Waals surface area contributed by atoms with E-state index in [9.17, 15) is 10.2 Å². The molecule has 0 fully saturated rings. The van der Waals surface area contributed by atoms with Crippen molar-refractivity contribution in [3.05, 3.63) is 28.4 Å². The van der Waals surface area contributed by atoms with E-state index in [2.05, 4.69) is 15.1 Å². The zero-order chi connectivity index (χ0) is 13.1. The molecule has 0 saturated carbocycles. The first-order chi connectivity index (χ1) is 7.86. The average molecular weight is 239 g/mol. The number of rotatable bonds is 4. The lowest BCUT2D eigenvalue weighted by atomic mass is 10.1. The van der Waals surface area contributed by atoms with Crippen LogP contribution in [0.25, 0.3) is 10.4 Å². The highest BCUT2D eigenvalue weighted by molar-refractivity contribution is 5.10. The molecule has 0 bridgehead atoms. The van der Waals surface area contributed by atoms with Crippen LogP contribution in [0.15, 0.2) is 17.5 Å². The average Bonchev–Trinajstić information content (AvgIpc) is 2.73. The summed E-state index contributed by atoms with van der Waals surface area (Å²) >= 11 is 0. The molecule has 1 aromatic heterocycles. The van der Waals surface area contributed by atoms with E-state index in [4.69, 9.17) is 5.53 Å². The number of hydrogen-bond donors (Lipinski definition) is 2. The molecule has 2 N–H and O–H groups in total. The third-order valence-corrected chi connectivity index (χ3v) is 2.33. The molecule has 0 aromatic carbocycles. The molecule has 0 saturated heterocycles. The molecule has 1 heterocycles. The monoisotopic (exact) mass is 239 g/mol. The highest BCUT2D eigenvalue weighted by atomic mass is 16.3. The SMILES string of the molecule is CC(C)(C)n1cc(C(O)C(O)CN=[N+]=[N-])cn1. The van der Waals surface area contributed by atoms with Crippen molar-refractivity contribution < 1.29 is 10.2 Å². The molecule has 7 heteroatoms. The van der Waals surface area contributed by atoms with Gasteiger partial charge in [0, 0.05) is 16.7 Å². The van der Waals surface area contributed by atoms with Crippen molar-refractivity contribution in [2.45, 2.75) is 38.5 Å². The number of aliphatic hydroxyl groups is 2. The van der Waals surface area contributed by atoms with Crippen LogP contribution in [0.4, 0.5) is 0 Å². The highest BCUT2D eigenvalue weighted by Gasteiger charge is 2.21.